The molecule has 0 radical (unpaired) electrons. The van der Waals surface area contributed by atoms with Crippen molar-refractivity contribution < 1.29 is 18.0 Å². The van der Waals surface area contributed by atoms with Gasteiger partial charge in [0.1, 0.15) is 0 Å². The summed E-state index contributed by atoms with van der Waals surface area (Å²) in [5.74, 6) is -0.227. The molecule has 0 aliphatic carbocycles. The molecule has 0 aliphatic rings. The number of nitrogens with one attached hydrogen (secondary N) is 1. The molecule has 0 atom stereocenters. The topological polar surface area (TPSA) is 29.1 Å². The maximum absolute atomic E-state index is 12.7. The van der Waals surface area contributed by atoms with Crippen LogP contribution < -0.4 is 5.32 Å². The highest BCUT2D eigenvalue weighted by molar-refractivity contribution is 9.10. The first kappa shape index (κ1) is 17.3. The van der Waals surface area contributed by atoms with Crippen molar-refractivity contribution in [3.8, 4) is 0 Å². The van der Waals surface area contributed by atoms with Gasteiger partial charge < -0.3 is 5.32 Å². The SMILES string of the molecule is CC(C)(CCCl)NC(=O)c1cc(C(F)(F)F)ccc1Br. The minimum absolute atomic E-state index is 0.0533. The second-order valence-corrected chi connectivity index (χ2v) is 6.20. The molecule has 1 aromatic rings. The second-order valence-electron chi connectivity index (χ2n) is 4.97. The summed E-state index contributed by atoms with van der Waals surface area (Å²) >= 11 is 8.71. The van der Waals surface area contributed by atoms with Gasteiger partial charge in [-0.15, -0.1) is 11.6 Å². The molecule has 1 rings (SSSR count). The Morgan fingerprint density at radius 3 is 2.45 bits per heavy atom. The minimum atomic E-state index is -4.48. The average molecular weight is 373 g/mol. The zero-order chi connectivity index (χ0) is 15.6. The van der Waals surface area contributed by atoms with Crippen LogP contribution in [0.15, 0.2) is 22.7 Å². The van der Waals surface area contributed by atoms with Crippen LogP contribution in [0.1, 0.15) is 36.2 Å². The molecule has 0 fully saturated rings. The van der Waals surface area contributed by atoms with Crippen molar-refractivity contribution >= 4 is 33.4 Å². The fraction of sp³-hybridized carbons (Fsp3) is 0.462. The molecular weight excluding hydrogens is 358 g/mol. The molecule has 7 heteroatoms. The van der Waals surface area contributed by atoms with Crippen molar-refractivity contribution in [2.24, 2.45) is 0 Å². The lowest BCUT2D eigenvalue weighted by atomic mass is 10.0. The Morgan fingerprint density at radius 1 is 1.35 bits per heavy atom. The largest absolute Gasteiger partial charge is 0.416 e. The maximum Gasteiger partial charge on any atom is 0.416 e. The first-order valence-corrected chi connectivity index (χ1v) is 7.15. The number of rotatable bonds is 4. The van der Waals surface area contributed by atoms with E-state index < -0.39 is 23.2 Å². The van der Waals surface area contributed by atoms with E-state index in [-0.39, 0.29) is 5.56 Å². The lowest BCUT2D eigenvalue weighted by molar-refractivity contribution is -0.137. The van der Waals surface area contributed by atoms with E-state index in [1.165, 1.54) is 6.07 Å². The van der Waals surface area contributed by atoms with Gasteiger partial charge in [-0.3, -0.25) is 4.79 Å². The van der Waals surface area contributed by atoms with Gasteiger partial charge in [-0.05, 0) is 54.4 Å². The lowest BCUT2D eigenvalue weighted by Crippen LogP contribution is -2.43. The zero-order valence-corrected chi connectivity index (χ0v) is 13.3. The summed E-state index contributed by atoms with van der Waals surface area (Å²) in [5.41, 5.74) is -1.50. The van der Waals surface area contributed by atoms with Crippen molar-refractivity contribution in [1.82, 2.24) is 5.32 Å². The van der Waals surface area contributed by atoms with Crippen molar-refractivity contribution in [2.45, 2.75) is 32.0 Å². The van der Waals surface area contributed by atoms with Crippen LogP contribution in [0.5, 0.6) is 0 Å². The molecule has 1 N–H and O–H groups in total. The van der Waals surface area contributed by atoms with E-state index >= 15 is 0 Å². The van der Waals surface area contributed by atoms with Crippen molar-refractivity contribution in [3.63, 3.8) is 0 Å². The third-order valence-corrected chi connectivity index (χ3v) is 3.59. The first-order valence-electron chi connectivity index (χ1n) is 5.82. The van der Waals surface area contributed by atoms with Crippen molar-refractivity contribution in [2.75, 3.05) is 5.88 Å². The van der Waals surface area contributed by atoms with Crippen molar-refractivity contribution in [1.29, 1.82) is 0 Å². The smallest absolute Gasteiger partial charge is 0.347 e. The Bertz CT molecular complexity index is 503. The Kier molecular flexibility index (Phi) is 5.49. The number of alkyl halides is 4. The standard InChI is InChI=1S/C13H14BrClF3NO/c1-12(2,5-6-15)19-11(20)9-7-8(13(16,17)18)3-4-10(9)14/h3-4,7H,5-6H2,1-2H3,(H,19,20). The predicted molar refractivity (Wildman–Crippen MR) is 76.0 cm³/mol. The van der Waals surface area contributed by atoms with Crippen LogP contribution in [-0.2, 0) is 6.18 Å². The van der Waals surface area contributed by atoms with Gasteiger partial charge in [0.2, 0.25) is 0 Å². The average Bonchev–Trinajstić information content (AvgIpc) is 2.26. The number of benzene rings is 1. The summed E-state index contributed by atoms with van der Waals surface area (Å²) in [5, 5.41) is 2.67. The van der Waals surface area contributed by atoms with Crippen LogP contribution in [0.4, 0.5) is 13.2 Å². The van der Waals surface area contributed by atoms with Crippen LogP contribution in [0, 0.1) is 0 Å². The molecule has 0 saturated heterocycles. The lowest BCUT2D eigenvalue weighted by Gasteiger charge is -2.25. The summed E-state index contributed by atoms with van der Waals surface area (Å²) in [6.07, 6.45) is -3.97. The number of hydrogen-bond acceptors (Lipinski definition) is 1. The van der Waals surface area contributed by atoms with Crippen LogP contribution in [0.25, 0.3) is 0 Å². The van der Waals surface area contributed by atoms with Crippen LogP contribution in [0.2, 0.25) is 0 Å². The van der Waals surface area contributed by atoms with E-state index in [4.69, 9.17) is 11.6 Å². The molecule has 112 valence electrons. The van der Waals surface area contributed by atoms with Gasteiger partial charge in [0.25, 0.3) is 5.91 Å². The number of halogens is 5. The molecule has 0 spiro atoms. The van der Waals surface area contributed by atoms with Crippen LogP contribution in [0.3, 0.4) is 0 Å². The normalized spacial score (nSPS) is 12.3. The van der Waals surface area contributed by atoms with E-state index in [0.717, 1.165) is 12.1 Å². The fourth-order valence-corrected chi connectivity index (χ4v) is 2.45. The van der Waals surface area contributed by atoms with Gasteiger partial charge in [-0.1, -0.05) is 0 Å². The molecule has 1 aromatic carbocycles. The highest BCUT2D eigenvalue weighted by Gasteiger charge is 2.32. The van der Waals surface area contributed by atoms with Gasteiger partial charge in [0, 0.05) is 15.9 Å². The van der Waals surface area contributed by atoms with Gasteiger partial charge in [0.15, 0.2) is 0 Å². The second kappa shape index (κ2) is 6.35. The van der Waals surface area contributed by atoms with Crippen LogP contribution >= 0.6 is 27.5 Å². The molecule has 0 aliphatic heterocycles. The number of carbonyl (C=O) groups is 1. The maximum atomic E-state index is 12.7. The van der Waals surface area contributed by atoms with Crippen molar-refractivity contribution in [3.05, 3.63) is 33.8 Å². The quantitative estimate of drug-likeness (QED) is 0.769. The molecule has 0 heterocycles. The van der Waals surface area contributed by atoms with E-state index in [9.17, 15) is 18.0 Å². The summed E-state index contributed by atoms with van der Waals surface area (Å²) in [7, 11) is 0. The van der Waals surface area contributed by atoms with E-state index in [2.05, 4.69) is 21.2 Å². The molecule has 0 bridgehead atoms. The molecule has 0 unspecified atom stereocenters. The predicted octanol–water partition coefficient (Wildman–Crippen LogP) is 4.61. The van der Waals surface area contributed by atoms with Gasteiger partial charge in [-0.2, -0.15) is 13.2 Å². The fourth-order valence-electron chi connectivity index (χ4n) is 1.55. The monoisotopic (exact) mass is 371 g/mol. The molecule has 0 aromatic heterocycles. The zero-order valence-electron chi connectivity index (χ0n) is 10.9. The Hall–Kier alpha value is -0.750. The first-order chi connectivity index (χ1) is 9.07. The summed E-state index contributed by atoms with van der Waals surface area (Å²) in [4.78, 5) is 12.1. The number of hydrogen-bond donors (Lipinski definition) is 1. The Morgan fingerprint density at radius 2 is 1.95 bits per heavy atom. The van der Waals surface area contributed by atoms with Gasteiger partial charge in [0.05, 0.1) is 11.1 Å². The Balaban J connectivity index is 3.04. The summed E-state index contributed by atoms with van der Waals surface area (Å²) in [6.45, 7) is 3.52. The highest BCUT2D eigenvalue weighted by Crippen LogP contribution is 2.32. The summed E-state index contributed by atoms with van der Waals surface area (Å²) < 4.78 is 38.3. The Labute approximate surface area is 128 Å². The highest BCUT2D eigenvalue weighted by atomic mass is 79.9. The van der Waals surface area contributed by atoms with E-state index in [1.807, 2.05) is 0 Å². The van der Waals surface area contributed by atoms with E-state index in [1.54, 1.807) is 13.8 Å². The molecular formula is C13H14BrClF3NO. The third-order valence-electron chi connectivity index (χ3n) is 2.71. The number of amides is 1. The van der Waals surface area contributed by atoms with Crippen LogP contribution in [-0.4, -0.2) is 17.3 Å². The van der Waals surface area contributed by atoms with Gasteiger partial charge in [-0.25, -0.2) is 0 Å². The van der Waals surface area contributed by atoms with E-state index in [0.29, 0.717) is 16.8 Å². The molecule has 20 heavy (non-hydrogen) atoms. The number of carbonyl (C=O) groups excluding carboxylic acids is 1. The van der Waals surface area contributed by atoms with Gasteiger partial charge >= 0.3 is 6.18 Å². The third kappa shape index (κ3) is 4.66. The molecule has 0 saturated carbocycles. The minimum Gasteiger partial charge on any atom is -0.347 e. The molecule has 1 amide bonds. The summed E-state index contributed by atoms with van der Waals surface area (Å²) in [6, 6.07) is 2.97. The molecule has 2 nitrogen and oxygen atoms in total.